The first kappa shape index (κ1) is 14.6. The van der Waals surface area contributed by atoms with E-state index >= 15 is 0 Å². The lowest BCUT2D eigenvalue weighted by Crippen LogP contribution is -2.28. The topological polar surface area (TPSA) is 68.0 Å². The molecule has 0 spiro atoms. The summed E-state index contributed by atoms with van der Waals surface area (Å²) in [6.45, 7) is 1.90. The second-order valence-corrected chi connectivity index (χ2v) is 5.74. The Kier molecular flexibility index (Phi) is 4.39. The number of carbonyl (C=O) groups is 1. The number of nitrogens with one attached hydrogen (secondary N) is 1. The van der Waals surface area contributed by atoms with Crippen LogP contribution in [0.2, 0.25) is 0 Å². The average molecular weight is 313 g/mol. The maximum absolute atomic E-state index is 12.0. The molecule has 1 aromatic carbocycles. The zero-order valence-corrected chi connectivity index (χ0v) is 12.8. The van der Waals surface area contributed by atoms with Gasteiger partial charge in [-0.3, -0.25) is 4.79 Å². The fourth-order valence-electron chi connectivity index (χ4n) is 2.06. The SMILES string of the molecule is C[C@@H](NC(=O)CSc1ncccn1)c1cc2ccccc2o1. The first-order valence-electron chi connectivity index (χ1n) is 6.90. The van der Waals surface area contributed by atoms with Crippen LogP contribution in [0.1, 0.15) is 18.7 Å². The predicted octanol–water partition coefficient (Wildman–Crippen LogP) is 3.19. The molecule has 0 saturated heterocycles. The van der Waals surface area contributed by atoms with Gasteiger partial charge in [0.15, 0.2) is 5.16 Å². The molecule has 0 aliphatic rings. The smallest absolute Gasteiger partial charge is 0.231 e. The number of fused-ring (bicyclic) bond motifs is 1. The van der Waals surface area contributed by atoms with Crippen molar-refractivity contribution in [3.8, 4) is 0 Å². The summed E-state index contributed by atoms with van der Waals surface area (Å²) >= 11 is 1.31. The average Bonchev–Trinajstić information content (AvgIpc) is 2.98. The van der Waals surface area contributed by atoms with Crippen molar-refractivity contribution >= 4 is 28.6 Å². The summed E-state index contributed by atoms with van der Waals surface area (Å²) in [4.78, 5) is 20.1. The molecule has 1 atom stereocenters. The monoisotopic (exact) mass is 313 g/mol. The Labute approximate surface area is 132 Å². The molecule has 0 saturated carbocycles. The van der Waals surface area contributed by atoms with E-state index in [0.29, 0.717) is 5.16 Å². The highest BCUT2D eigenvalue weighted by Crippen LogP contribution is 2.23. The Morgan fingerprint density at radius 1 is 1.27 bits per heavy atom. The third-order valence-corrected chi connectivity index (χ3v) is 4.00. The number of amides is 1. The molecule has 0 aliphatic heterocycles. The molecule has 1 amide bonds. The summed E-state index contributed by atoms with van der Waals surface area (Å²) in [5.74, 6) is 0.940. The van der Waals surface area contributed by atoms with Gasteiger partial charge in [-0.15, -0.1) is 0 Å². The quantitative estimate of drug-likeness (QED) is 0.579. The van der Waals surface area contributed by atoms with E-state index in [9.17, 15) is 4.79 Å². The molecule has 5 nitrogen and oxygen atoms in total. The minimum absolute atomic E-state index is 0.0783. The van der Waals surface area contributed by atoms with Gasteiger partial charge in [-0.2, -0.15) is 0 Å². The van der Waals surface area contributed by atoms with E-state index in [0.717, 1.165) is 16.7 Å². The maximum Gasteiger partial charge on any atom is 0.231 e. The van der Waals surface area contributed by atoms with Crippen molar-refractivity contribution in [2.45, 2.75) is 18.1 Å². The van der Waals surface area contributed by atoms with Crippen LogP contribution in [0.25, 0.3) is 11.0 Å². The lowest BCUT2D eigenvalue weighted by molar-refractivity contribution is -0.119. The van der Waals surface area contributed by atoms with Crippen LogP contribution in [0, 0.1) is 0 Å². The molecule has 0 fully saturated rings. The van der Waals surface area contributed by atoms with Gasteiger partial charge in [0.2, 0.25) is 5.91 Å². The Hall–Kier alpha value is -2.34. The Bertz CT molecular complexity index is 740. The second kappa shape index (κ2) is 6.62. The van der Waals surface area contributed by atoms with Crippen molar-refractivity contribution < 1.29 is 9.21 Å². The minimum atomic E-state index is -0.183. The van der Waals surface area contributed by atoms with Crippen molar-refractivity contribution in [1.29, 1.82) is 0 Å². The second-order valence-electron chi connectivity index (χ2n) is 4.80. The van der Waals surface area contributed by atoms with E-state index in [1.165, 1.54) is 11.8 Å². The van der Waals surface area contributed by atoms with Gasteiger partial charge in [0.25, 0.3) is 0 Å². The molecule has 0 unspecified atom stereocenters. The molecule has 0 radical (unpaired) electrons. The highest BCUT2D eigenvalue weighted by Gasteiger charge is 2.14. The van der Waals surface area contributed by atoms with E-state index in [-0.39, 0.29) is 17.7 Å². The third kappa shape index (κ3) is 3.46. The van der Waals surface area contributed by atoms with Gasteiger partial charge in [-0.1, -0.05) is 30.0 Å². The summed E-state index contributed by atoms with van der Waals surface area (Å²) in [7, 11) is 0. The first-order chi connectivity index (χ1) is 10.7. The molecule has 2 heterocycles. The van der Waals surface area contributed by atoms with Crippen LogP contribution in [0.4, 0.5) is 0 Å². The fourth-order valence-corrected chi connectivity index (χ4v) is 2.67. The molecule has 0 bridgehead atoms. The van der Waals surface area contributed by atoms with Crippen molar-refractivity contribution in [2.24, 2.45) is 0 Å². The molecule has 2 aromatic heterocycles. The summed E-state index contributed by atoms with van der Waals surface area (Å²) in [5.41, 5.74) is 0.825. The lowest BCUT2D eigenvalue weighted by atomic mass is 10.2. The minimum Gasteiger partial charge on any atom is -0.459 e. The van der Waals surface area contributed by atoms with Crippen LogP contribution in [-0.4, -0.2) is 21.6 Å². The van der Waals surface area contributed by atoms with Gasteiger partial charge < -0.3 is 9.73 Å². The summed E-state index contributed by atoms with van der Waals surface area (Å²) in [6, 6.07) is 11.3. The number of hydrogen-bond acceptors (Lipinski definition) is 5. The number of aromatic nitrogens is 2. The highest BCUT2D eigenvalue weighted by molar-refractivity contribution is 7.99. The zero-order valence-electron chi connectivity index (χ0n) is 12.0. The number of rotatable bonds is 5. The lowest BCUT2D eigenvalue weighted by Gasteiger charge is -2.10. The van der Waals surface area contributed by atoms with E-state index in [1.54, 1.807) is 18.5 Å². The van der Waals surface area contributed by atoms with Gasteiger partial charge in [-0.05, 0) is 25.1 Å². The predicted molar refractivity (Wildman–Crippen MR) is 85.5 cm³/mol. The van der Waals surface area contributed by atoms with Crippen LogP contribution in [-0.2, 0) is 4.79 Å². The largest absolute Gasteiger partial charge is 0.459 e. The highest BCUT2D eigenvalue weighted by atomic mass is 32.2. The normalized spacial score (nSPS) is 12.2. The Balaban J connectivity index is 1.58. The third-order valence-electron chi connectivity index (χ3n) is 3.12. The molecule has 3 rings (SSSR count). The van der Waals surface area contributed by atoms with Crippen LogP contribution < -0.4 is 5.32 Å². The maximum atomic E-state index is 12.0. The van der Waals surface area contributed by atoms with E-state index in [1.807, 2.05) is 37.3 Å². The fraction of sp³-hybridized carbons (Fsp3) is 0.188. The van der Waals surface area contributed by atoms with E-state index in [2.05, 4.69) is 15.3 Å². The van der Waals surface area contributed by atoms with Gasteiger partial charge >= 0.3 is 0 Å². The molecular weight excluding hydrogens is 298 g/mol. The van der Waals surface area contributed by atoms with Gasteiger partial charge in [0.1, 0.15) is 11.3 Å². The van der Waals surface area contributed by atoms with Crippen LogP contribution in [0.5, 0.6) is 0 Å². The molecule has 6 heteroatoms. The number of hydrogen-bond donors (Lipinski definition) is 1. The van der Waals surface area contributed by atoms with Crippen molar-refractivity contribution in [3.63, 3.8) is 0 Å². The summed E-state index contributed by atoms with van der Waals surface area (Å²) < 4.78 is 5.75. The standard InChI is InChI=1S/C16H15N3O2S/c1-11(14-9-12-5-2-3-6-13(12)21-14)19-15(20)10-22-16-17-7-4-8-18-16/h2-9,11H,10H2,1H3,(H,19,20)/t11-/m1/s1. The van der Waals surface area contributed by atoms with Gasteiger partial charge in [0.05, 0.1) is 11.8 Å². The number of para-hydroxylation sites is 1. The Morgan fingerprint density at radius 3 is 2.82 bits per heavy atom. The number of thioether (sulfide) groups is 1. The van der Waals surface area contributed by atoms with Crippen LogP contribution in [0.3, 0.4) is 0 Å². The van der Waals surface area contributed by atoms with E-state index < -0.39 is 0 Å². The Morgan fingerprint density at radius 2 is 2.05 bits per heavy atom. The molecular formula is C16H15N3O2S. The van der Waals surface area contributed by atoms with Gasteiger partial charge in [-0.25, -0.2) is 9.97 Å². The molecule has 1 N–H and O–H groups in total. The summed E-state index contributed by atoms with van der Waals surface area (Å²) in [5, 5.41) is 4.54. The summed E-state index contributed by atoms with van der Waals surface area (Å²) in [6.07, 6.45) is 3.31. The zero-order chi connectivity index (χ0) is 15.4. The van der Waals surface area contributed by atoms with Gasteiger partial charge in [0, 0.05) is 17.8 Å². The van der Waals surface area contributed by atoms with E-state index in [4.69, 9.17) is 4.42 Å². The molecule has 22 heavy (non-hydrogen) atoms. The number of furan rings is 1. The van der Waals surface area contributed by atoms with Crippen molar-refractivity contribution in [2.75, 3.05) is 5.75 Å². The molecule has 0 aliphatic carbocycles. The van der Waals surface area contributed by atoms with Crippen LogP contribution >= 0.6 is 11.8 Å². The van der Waals surface area contributed by atoms with Crippen molar-refractivity contribution in [1.82, 2.24) is 15.3 Å². The molecule has 112 valence electrons. The van der Waals surface area contributed by atoms with Crippen molar-refractivity contribution in [3.05, 3.63) is 54.6 Å². The number of nitrogens with zero attached hydrogens (tertiary/aromatic N) is 2. The number of benzene rings is 1. The molecule has 3 aromatic rings. The number of carbonyl (C=O) groups excluding carboxylic acids is 1. The van der Waals surface area contributed by atoms with Crippen LogP contribution in [0.15, 0.2) is 58.4 Å². The first-order valence-corrected chi connectivity index (χ1v) is 7.88.